The average Bonchev–Trinajstić information content (AvgIpc) is 2.73. The Morgan fingerprint density at radius 1 is 1.53 bits per heavy atom. The molecule has 2 aromatic rings. The molecule has 3 nitrogen and oxygen atoms in total. The van der Waals surface area contributed by atoms with Gasteiger partial charge in [-0.3, -0.25) is 4.79 Å². The molecular weight excluding hydrogens is 258 g/mol. The lowest BCUT2D eigenvalue weighted by molar-refractivity contribution is 0.101. The van der Waals surface area contributed by atoms with Gasteiger partial charge < -0.3 is 4.74 Å². The van der Waals surface area contributed by atoms with Crippen LogP contribution in [0.4, 0.5) is 0 Å². The normalized spacial score (nSPS) is 10.2. The molecule has 0 saturated carbocycles. The number of aromatic nitrogens is 1. The Hall–Kier alpha value is -1.39. The van der Waals surface area contributed by atoms with E-state index in [9.17, 15) is 4.79 Å². The largest absolute Gasteiger partial charge is 0.488 e. The standard InChI is InChI=1S/C12H10ClNO2S/c1-8(15)9-3-2-4-10(5-9)16-7-11-6-14-12(13)17-11/h2-6H,7H2,1H3. The first-order valence-electron chi connectivity index (χ1n) is 4.99. The van der Waals surface area contributed by atoms with E-state index in [4.69, 9.17) is 16.3 Å². The Morgan fingerprint density at radius 2 is 2.35 bits per heavy atom. The van der Waals surface area contributed by atoms with Crippen molar-refractivity contribution in [3.05, 3.63) is 45.4 Å². The maximum Gasteiger partial charge on any atom is 0.183 e. The van der Waals surface area contributed by atoms with Gasteiger partial charge in [-0.15, -0.1) is 11.3 Å². The van der Waals surface area contributed by atoms with E-state index < -0.39 is 0 Å². The van der Waals surface area contributed by atoms with Crippen LogP contribution in [0.25, 0.3) is 0 Å². The molecule has 0 fully saturated rings. The van der Waals surface area contributed by atoms with E-state index in [2.05, 4.69) is 4.98 Å². The molecule has 1 aromatic heterocycles. The molecular formula is C12H10ClNO2S. The predicted molar refractivity (Wildman–Crippen MR) is 67.9 cm³/mol. The summed E-state index contributed by atoms with van der Waals surface area (Å²) in [6.45, 7) is 1.94. The predicted octanol–water partition coefficient (Wildman–Crippen LogP) is 3.58. The molecule has 1 aromatic carbocycles. The summed E-state index contributed by atoms with van der Waals surface area (Å²) in [6.07, 6.45) is 1.68. The topological polar surface area (TPSA) is 39.2 Å². The van der Waals surface area contributed by atoms with Gasteiger partial charge in [-0.05, 0) is 19.1 Å². The van der Waals surface area contributed by atoms with E-state index >= 15 is 0 Å². The van der Waals surface area contributed by atoms with Crippen LogP contribution >= 0.6 is 22.9 Å². The molecule has 88 valence electrons. The summed E-state index contributed by atoms with van der Waals surface area (Å²) in [5, 5.41) is 0. The minimum Gasteiger partial charge on any atom is -0.488 e. The molecule has 0 saturated heterocycles. The zero-order valence-electron chi connectivity index (χ0n) is 9.14. The van der Waals surface area contributed by atoms with Gasteiger partial charge in [-0.1, -0.05) is 23.7 Å². The molecule has 0 spiro atoms. The molecule has 0 radical (unpaired) electrons. The van der Waals surface area contributed by atoms with Crippen LogP contribution in [-0.4, -0.2) is 10.8 Å². The molecule has 0 aliphatic rings. The zero-order chi connectivity index (χ0) is 12.3. The third kappa shape index (κ3) is 3.28. The van der Waals surface area contributed by atoms with Crippen molar-refractivity contribution in [1.29, 1.82) is 0 Å². The fourth-order valence-electron chi connectivity index (χ4n) is 1.31. The van der Waals surface area contributed by atoms with Crippen LogP contribution in [0, 0.1) is 0 Å². The summed E-state index contributed by atoms with van der Waals surface area (Å²) in [4.78, 5) is 16.1. The number of Topliss-reactive ketones (excluding diaryl/α,β-unsaturated/α-hetero) is 1. The molecule has 2 rings (SSSR count). The fourth-order valence-corrected chi connectivity index (χ4v) is 2.20. The number of hydrogen-bond donors (Lipinski definition) is 0. The number of ether oxygens (including phenoxy) is 1. The Bertz CT molecular complexity index is 539. The van der Waals surface area contributed by atoms with Crippen molar-refractivity contribution in [3.63, 3.8) is 0 Å². The molecule has 0 bridgehead atoms. The van der Waals surface area contributed by atoms with Gasteiger partial charge in [-0.25, -0.2) is 4.98 Å². The molecule has 0 N–H and O–H groups in total. The molecule has 0 atom stereocenters. The highest BCUT2D eigenvalue weighted by molar-refractivity contribution is 7.15. The molecule has 0 aliphatic carbocycles. The Balaban J connectivity index is 2.04. The number of halogens is 1. The average molecular weight is 268 g/mol. The van der Waals surface area contributed by atoms with Crippen LogP contribution in [0.5, 0.6) is 5.75 Å². The number of nitrogens with zero attached hydrogens (tertiary/aromatic N) is 1. The summed E-state index contributed by atoms with van der Waals surface area (Å²) in [5.74, 6) is 0.693. The van der Waals surface area contributed by atoms with Crippen molar-refractivity contribution in [1.82, 2.24) is 4.98 Å². The van der Waals surface area contributed by atoms with E-state index in [-0.39, 0.29) is 5.78 Å². The van der Waals surface area contributed by atoms with Crippen molar-refractivity contribution in [2.45, 2.75) is 13.5 Å². The minimum absolute atomic E-state index is 0.0243. The molecule has 5 heteroatoms. The van der Waals surface area contributed by atoms with Crippen LogP contribution in [0.2, 0.25) is 4.47 Å². The summed E-state index contributed by atoms with van der Waals surface area (Å²) >= 11 is 7.10. The number of carbonyl (C=O) groups is 1. The van der Waals surface area contributed by atoms with Crippen molar-refractivity contribution in [3.8, 4) is 5.75 Å². The highest BCUT2D eigenvalue weighted by Crippen LogP contribution is 2.20. The molecule has 17 heavy (non-hydrogen) atoms. The van der Waals surface area contributed by atoms with Crippen molar-refractivity contribution < 1.29 is 9.53 Å². The van der Waals surface area contributed by atoms with Gasteiger partial charge in [0.15, 0.2) is 10.3 Å². The van der Waals surface area contributed by atoms with Crippen molar-refractivity contribution in [2.75, 3.05) is 0 Å². The number of hydrogen-bond acceptors (Lipinski definition) is 4. The highest BCUT2D eigenvalue weighted by Gasteiger charge is 2.03. The van der Waals surface area contributed by atoms with Crippen LogP contribution in [0.3, 0.4) is 0 Å². The fraction of sp³-hybridized carbons (Fsp3) is 0.167. The van der Waals surface area contributed by atoms with Gasteiger partial charge in [-0.2, -0.15) is 0 Å². The highest BCUT2D eigenvalue weighted by atomic mass is 35.5. The van der Waals surface area contributed by atoms with E-state index in [1.165, 1.54) is 18.3 Å². The lowest BCUT2D eigenvalue weighted by atomic mass is 10.1. The quantitative estimate of drug-likeness (QED) is 0.795. The van der Waals surface area contributed by atoms with E-state index in [1.54, 1.807) is 24.4 Å². The summed E-state index contributed by atoms with van der Waals surface area (Å²) in [7, 11) is 0. The Kier molecular flexibility index (Phi) is 3.76. The van der Waals surface area contributed by atoms with Gasteiger partial charge >= 0.3 is 0 Å². The van der Waals surface area contributed by atoms with Crippen LogP contribution < -0.4 is 4.74 Å². The van der Waals surface area contributed by atoms with Crippen molar-refractivity contribution in [2.24, 2.45) is 0 Å². The number of benzene rings is 1. The Labute approximate surface area is 108 Å². The van der Waals surface area contributed by atoms with E-state index in [1.807, 2.05) is 6.07 Å². The number of rotatable bonds is 4. The maximum absolute atomic E-state index is 11.2. The van der Waals surface area contributed by atoms with Gasteiger partial charge in [0.2, 0.25) is 0 Å². The number of carbonyl (C=O) groups excluding carboxylic acids is 1. The molecule has 0 aliphatic heterocycles. The lowest BCUT2D eigenvalue weighted by Gasteiger charge is -2.05. The van der Waals surface area contributed by atoms with E-state index in [0.717, 1.165) is 4.88 Å². The van der Waals surface area contributed by atoms with Crippen LogP contribution in [-0.2, 0) is 6.61 Å². The van der Waals surface area contributed by atoms with E-state index in [0.29, 0.717) is 22.4 Å². The smallest absolute Gasteiger partial charge is 0.183 e. The third-order valence-corrected chi connectivity index (χ3v) is 3.24. The molecule has 0 amide bonds. The van der Waals surface area contributed by atoms with Gasteiger partial charge in [0, 0.05) is 11.8 Å². The first-order valence-corrected chi connectivity index (χ1v) is 6.18. The summed E-state index contributed by atoms with van der Waals surface area (Å²) < 4.78 is 6.06. The monoisotopic (exact) mass is 267 g/mol. The summed E-state index contributed by atoms with van der Waals surface area (Å²) in [6, 6.07) is 7.10. The zero-order valence-corrected chi connectivity index (χ0v) is 10.7. The Morgan fingerprint density at radius 3 is 3.00 bits per heavy atom. The lowest BCUT2D eigenvalue weighted by Crippen LogP contribution is -1.96. The van der Waals surface area contributed by atoms with Crippen molar-refractivity contribution >= 4 is 28.7 Å². The molecule has 1 heterocycles. The summed E-state index contributed by atoms with van der Waals surface area (Å²) in [5.41, 5.74) is 0.643. The minimum atomic E-state index is 0.0243. The second-order valence-electron chi connectivity index (χ2n) is 3.45. The van der Waals surface area contributed by atoms with Gasteiger partial charge in [0.05, 0.1) is 4.88 Å². The first-order chi connectivity index (χ1) is 8.15. The maximum atomic E-state index is 11.2. The number of thiazole rings is 1. The second-order valence-corrected chi connectivity index (χ2v) is 5.15. The first kappa shape index (κ1) is 12.1. The SMILES string of the molecule is CC(=O)c1cccc(OCc2cnc(Cl)s2)c1. The van der Waals surface area contributed by atoms with Gasteiger partial charge in [0.25, 0.3) is 0 Å². The molecule has 0 unspecified atom stereocenters. The van der Waals surface area contributed by atoms with Crippen LogP contribution in [0.15, 0.2) is 30.5 Å². The van der Waals surface area contributed by atoms with Crippen LogP contribution in [0.1, 0.15) is 22.2 Å². The van der Waals surface area contributed by atoms with Gasteiger partial charge in [0.1, 0.15) is 12.4 Å². The third-order valence-electron chi connectivity index (χ3n) is 2.15. The second kappa shape index (κ2) is 5.29. The number of ketones is 1.